The van der Waals surface area contributed by atoms with Crippen LogP contribution >= 0.6 is 11.3 Å². The third kappa shape index (κ3) is 3.42. The molecule has 2 rings (SSSR count). The van der Waals surface area contributed by atoms with Crippen LogP contribution in [-0.4, -0.2) is 19.9 Å². The zero-order chi connectivity index (χ0) is 14.9. The number of hydrogen-bond acceptors (Lipinski definition) is 5. The second kappa shape index (κ2) is 6.13. The van der Waals surface area contributed by atoms with Crippen LogP contribution in [-0.2, 0) is 9.84 Å². The fraction of sp³-hybridized carbons (Fsp3) is 0.714. The fourth-order valence-corrected chi connectivity index (χ4v) is 5.47. The molecule has 0 aromatic carbocycles. The first-order valence-corrected chi connectivity index (χ1v) is 9.82. The van der Waals surface area contributed by atoms with Crippen molar-refractivity contribution in [2.75, 3.05) is 6.26 Å². The lowest BCUT2D eigenvalue weighted by atomic mass is 9.83. The minimum atomic E-state index is -2.95. The van der Waals surface area contributed by atoms with Crippen molar-refractivity contribution < 1.29 is 8.42 Å². The van der Waals surface area contributed by atoms with E-state index in [1.807, 2.05) is 0 Å². The van der Waals surface area contributed by atoms with Gasteiger partial charge in [0.15, 0.2) is 0 Å². The van der Waals surface area contributed by atoms with Crippen LogP contribution in [0.25, 0.3) is 0 Å². The topological polar surface area (TPSA) is 72.2 Å². The van der Waals surface area contributed by atoms with Gasteiger partial charge in [0.25, 0.3) is 0 Å². The van der Waals surface area contributed by atoms with E-state index in [-0.39, 0.29) is 11.3 Å². The number of hydrogen-bond donors (Lipinski definition) is 2. The van der Waals surface area contributed by atoms with Crippen molar-refractivity contribution in [3.05, 3.63) is 21.4 Å². The minimum Gasteiger partial charge on any atom is -0.271 e. The average Bonchev–Trinajstić information content (AvgIpc) is 2.69. The molecule has 6 heteroatoms. The molecule has 1 saturated carbocycles. The molecule has 3 atom stereocenters. The zero-order valence-corrected chi connectivity index (χ0v) is 14.0. The van der Waals surface area contributed by atoms with Crippen LogP contribution in [0.4, 0.5) is 0 Å². The maximum atomic E-state index is 11.8. The second-order valence-corrected chi connectivity index (χ2v) is 9.52. The van der Waals surface area contributed by atoms with E-state index in [1.165, 1.54) is 21.6 Å². The van der Waals surface area contributed by atoms with E-state index >= 15 is 0 Å². The predicted molar refractivity (Wildman–Crippen MR) is 84.4 cm³/mol. The third-order valence-electron chi connectivity index (χ3n) is 4.41. The number of rotatable bonds is 4. The van der Waals surface area contributed by atoms with Crippen molar-refractivity contribution in [2.45, 2.75) is 50.8 Å². The first-order chi connectivity index (χ1) is 9.32. The summed E-state index contributed by atoms with van der Waals surface area (Å²) >= 11 is 1.76. The number of thiophene rings is 1. The van der Waals surface area contributed by atoms with Gasteiger partial charge < -0.3 is 0 Å². The van der Waals surface area contributed by atoms with Gasteiger partial charge in [0.05, 0.1) is 11.3 Å². The van der Waals surface area contributed by atoms with Gasteiger partial charge in [-0.1, -0.05) is 6.42 Å². The quantitative estimate of drug-likeness (QED) is 0.661. The molecule has 20 heavy (non-hydrogen) atoms. The molecular formula is C14H24N2O2S2. The number of nitrogens with one attached hydrogen (secondary N) is 1. The van der Waals surface area contributed by atoms with E-state index < -0.39 is 9.84 Å². The Kier molecular flexibility index (Phi) is 4.89. The normalized spacial score (nSPS) is 25.6. The standard InChI is InChI=1S/C14H24N2O2S2/c1-9-7-13(19-10(9)2)14(16-15)11-5-4-6-12(8-11)20(3,17)18/h7,11-12,14,16H,4-6,8,15H2,1-3H3. The number of nitrogens with two attached hydrogens (primary N) is 1. The maximum Gasteiger partial charge on any atom is 0.150 e. The van der Waals surface area contributed by atoms with Gasteiger partial charge in [-0.3, -0.25) is 11.3 Å². The smallest absolute Gasteiger partial charge is 0.150 e. The van der Waals surface area contributed by atoms with Crippen molar-refractivity contribution in [2.24, 2.45) is 11.8 Å². The van der Waals surface area contributed by atoms with Crippen LogP contribution < -0.4 is 11.3 Å². The lowest BCUT2D eigenvalue weighted by Gasteiger charge is -2.33. The molecule has 1 aliphatic carbocycles. The number of hydrazine groups is 1. The molecular weight excluding hydrogens is 292 g/mol. The summed E-state index contributed by atoms with van der Waals surface area (Å²) in [6.07, 6.45) is 4.85. The zero-order valence-electron chi connectivity index (χ0n) is 12.3. The Balaban J connectivity index is 2.19. The van der Waals surface area contributed by atoms with Gasteiger partial charge in [0.1, 0.15) is 9.84 Å². The lowest BCUT2D eigenvalue weighted by molar-refractivity contribution is 0.277. The Hall–Kier alpha value is -0.430. The van der Waals surface area contributed by atoms with Crippen LogP contribution in [0.15, 0.2) is 6.07 Å². The number of aryl methyl sites for hydroxylation is 2. The van der Waals surface area contributed by atoms with E-state index in [4.69, 9.17) is 5.84 Å². The molecule has 1 aromatic rings. The Morgan fingerprint density at radius 3 is 2.60 bits per heavy atom. The second-order valence-electron chi connectivity index (χ2n) is 5.91. The van der Waals surface area contributed by atoms with Crippen molar-refractivity contribution in [1.29, 1.82) is 0 Å². The molecule has 1 heterocycles. The molecule has 3 N–H and O–H groups in total. The van der Waals surface area contributed by atoms with Crippen LogP contribution in [0.5, 0.6) is 0 Å². The summed E-state index contributed by atoms with van der Waals surface area (Å²) in [4.78, 5) is 2.53. The highest BCUT2D eigenvalue weighted by Gasteiger charge is 2.34. The summed E-state index contributed by atoms with van der Waals surface area (Å²) in [5, 5.41) is -0.209. The fourth-order valence-electron chi connectivity index (χ4n) is 3.08. The maximum absolute atomic E-state index is 11.8. The third-order valence-corrected chi connectivity index (χ3v) is 7.29. The van der Waals surface area contributed by atoms with Crippen molar-refractivity contribution in [3.63, 3.8) is 0 Å². The summed E-state index contributed by atoms with van der Waals surface area (Å²) < 4.78 is 23.6. The monoisotopic (exact) mass is 316 g/mol. The molecule has 1 aromatic heterocycles. The first-order valence-electron chi connectivity index (χ1n) is 7.05. The van der Waals surface area contributed by atoms with Gasteiger partial charge in [-0.25, -0.2) is 8.42 Å². The minimum absolute atomic E-state index is 0.0666. The van der Waals surface area contributed by atoms with Gasteiger partial charge >= 0.3 is 0 Å². The molecule has 4 nitrogen and oxygen atoms in total. The van der Waals surface area contributed by atoms with Crippen molar-refractivity contribution >= 4 is 21.2 Å². The molecule has 3 unspecified atom stereocenters. The Labute approximate surface area is 125 Å². The van der Waals surface area contributed by atoms with Crippen molar-refractivity contribution in [3.8, 4) is 0 Å². The highest BCUT2D eigenvalue weighted by atomic mass is 32.2. The summed E-state index contributed by atoms with van der Waals surface area (Å²) in [6, 6.07) is 2.24. The van der Waals surface area contributed by atoms with E-state index in [0.29, 0.717) is 12.3 Å². The summed E-state index contributed by atoms with van der Waals surface area (Å²) in [7, 11) is -2.95. The molecule has 114 valence electrons. The molecule has 0 amide bonds. The van der Waals surface area contributed by atoms with Gasteiger partial charge in [-0.05, 0) is 50.7 Å². The van der Waals surface area contributed by atoms with Crippen molar-refractivity contribution in [1.82, 2.24) is 5.43 Å². The Bertz CT molecular complexity index is 546. The van der Waals surface area contributed by atoms with Crippen LogP contribution in [0.3, 0.4) is 0 Å². The molecule has 0 saturated heterocycles. The summed E-state index contributed by atoms with van der Waals surface area (Å²) in [6.45, 7) is 4.21. The molecule has 0 radical (unpaired) electrons. The molecule has 0 spiro atoms. The first kappa shape index (κ1) is 15.9. The molecule has 1 aliphatic rings. The predicted octanol–water partition coefficient (Wildman–Crippen LogP) is 2.47. The lowest BCUT2D eigenvalue weighted by Crippen LogP contribution is -2.38. The average molecular weight is 316 g/mol. The molecule has 0 aliphatic heterocycles. The van der Waals surface area contributed by atoms with Gasteiger partial charge in [0.2, 0.25) is 0 Å². The Morgan fingerprint density at radius 1 is 1.40 bits per heavy atom. The highest BCUT2D eigenvalue weighted by molar-refractivity contribution is 7.91. The summed E-state index contributed by atoms with van der Waals surface area (Å²) in [5.41, 5.74) is 4.19. The van der Waals surface area contributed by atoms with Crippen LogP contribution in [0, 0.1) is 19.8 Å². The Morgan fingerprint density at radius 2 is 2.10 bits per heavy atom. The van der Waals surface area contributed by atoms with Crippen LogP contribution in [0.1, 0.15) is 47.0 Å². The van der Waals surface area contributed by atoms with E-state index in [9.17, 15) is 8.42 Å². The van der Waals surface area contributed by atoms with E-state index in [1.54, 1.807) is 11.3 Å². The summed E-state index contributed by atoms with van der Waals surface area (Å²) in [5.74, 6) is 6.05. The van der Waals surface area contributed by atoms with Crippen LogP contribution in [0.2, 0.25) is 0 Å². The highest BCUT2D eigenvalue weighted by Crippen LogP contribution is 2.39. The largest absolute Gasteiger partial charge is 0.271 e. The van der Waals surface area contributed by atoms with Gasteiger partial charge in [-0.15, -0.1) is 11.3 Å². The SMILES string of the molecule is Cc1cc(C(NN)C2CCCC(S(C)(=O)=O)C2)sc1C. The number of sulfone groups is 1. The van der Waals surface area contributed by atoms with E-state index in [2.05, 4.69) is 25.3 Å². The van der Waals surface area contributed by atoms with Gasteiger partial charge in [0, 0.05) is 16.0 Å². The van der Waals surface area contributed by atoms with Gasteiger partial charge in [-0.2, -0.15) is 0 Å². The van der Waals surface area contributed by atoms with E-state index in [0.717, 1.165) is 19.3 Å². The molecule has 1 fully saturated rings. The molecule has 0 bridgehead atoms.